The molecule has 2 saturated heterocycles. The van der Waals surface area contributed by atoms with Gasteiger partial charge < -0.3 is 4.90 Å². The number of amides is 1. The number of likely N-dealkylation sites (tertiary alicyclic amines) is 2. The van der Waals surface area contributed by atoms with Gasteiger partial charge in [0.2, 0.25) is 0 Å². The van der Waals surface area contributed by atoms with E-state index in [1.807, 2.05) is 17.9 Å². The van der Waals surface area contributed by atoms with Gasteiger partial charge in [-0.2, -0.15) is 5.10 Å². The fourth-order valence-corrected chi connectivity index (χ4v) is 4.96. The summed E-state index contributed by atoms with van der Waals surface area (Å²) in [5.74, 6) is 0.125. The van der Waals surface area contributed by atoms with Gasteiger partial charge in [0.15, 0.2) is 0 Å². The summed E-state index contributed by atoms with van der Waals surface area (Å²) in [6, 6.07) is 13.8. The molecule has 2 aliphatic rings. The molecule has 2 aromatic rings. The molecule has 1 unspecified atom stereocenters. The summed E-state index contributed by atoms with van der Waals surface area (Å²) in [7, 11) is 0. The third-order valence-corrected chi connectivity index (χ3v) is 6.47. The molecule has 2 aliphatic heterocycles. The summed E-state index contributed by atoms with van der Waals surface area (Å²) >= 11 is 0. The zero-order chi connectivity index (χ0) is 19.0. The van der Waals surface area contributed by atoms with Gasteiger partial charge in [0.1, 0.15) is 5.69 Å². The second-order valence-corrected chi connectivity index (χ2v) is 8.27. The molecule has 5 heteroatoms. The lowest BCUT2D eigenvalue weighted by atomic mass is 9.62. The van der Waals surface area contributed by atoms with Crippen LogP contribution in [0, 0.1) is 5.41 Å². The molecule has 5 nitrogen and oxygen atoms in total. The Morgan fingerprint density at radius 3 is 2.52 bits per heavy atom. The molecule has 1 spiro atoms. The number of aryl methyl sites for hydroxylation is 1. The van der Waals surface area contributed by atoms with Crippen LogP contribution in [-0.4, -0.2) is 51.2 Å². The largest absolute Gasteiger partial charge is 0.337 e. The van der Waals surface area contributed by atoms with Gasteiger partial charge in [-0.25, -0.2) is 0 Å². The van der Waals surface area contributed by atoms with Crippen LogP contribution in [0.15, 0.2) is 42.6 Å². The molecule has 0 radical (unpaired) electrons. The molecular weight excluding hydrogens is 336 g/mol. The molecule has 2 fully saturated rings. The van der Waals surface area contributed by atoms with Gasteiger partial charge in [-0.3, -0.25) is 14.4 Å². The van der Waals surface area contributed by atoms with E-state index in [-0.39, 0.29) is 5.91 Å². The zero-order valence-corrected chi connectivity index (χ0v) is 16.6. The maximum absolute atomic E-state index is 12.9. The Balaban J connectivity index is 1.50. The van der Waals surface area contributed by atoms with E-state index in [4.69, 9.17) is 0 Å². The molecule has 0 N–H and O–H groups in total. The minimum absolute atomic E-state index is 0.125. The van der Waals surface area contributed by atoms with Gasteiger partial charge in [0.05, 0.1) is 0 Å². The van der Waals surface area contributed by atoms with Gasteiger partial charge in [0, 0.05) is 49.9 Å². The van der Waals surface area contributed by atoms with Crippen LogP contribution in [0.25, 0.3) is 0 Å². The van der Waals surface area contributed by atoms with E-state index >= 15 is 0 Å². The first kappa shape index (κ1) is 18.2. The number of hydrogen-bond acceptors (Lipinski definition) is 3. The summed E-state index contributed by atoms with van der Waals surface area (Å²) in [5.41, 5.74) is 2.43. The van der Waals surface area contributed by atoms with Crippen molar-refractivity contribution in [2.75, 3.05) is 19.6 Å². The average molecular weight is 367 g/mol. The van der Waals surface area contributed by atoms with Crippen LogP contribution in [-0.2, 0) is 6.54 Å². The molecule has 1 atom stereocenters. The average Bonchev–Trinajstić information content (AvgIpc) is 3.15. The Kier molecular flexibility index (Phi) is 4.81. The normalized spacial score (nSPS) is 22.2. The summed E-state index contributed by atoms with van der Waals surface area (Å²) < 4.78 is 1.79. The quantitative estimate of drug-likeness (QED) is 0.830. The predicted octanol–water partition coefficient (Wildman–Crippen LogP) is 3.59. The molecule has 0 aliphatic carbocycles. The summed E-state index contributed by atoms with van der Waals surface area (Å²) in [6.45, 7) is 10.1. The monoisotopic (exact) mass is 366 g/mol. The van der Waals surface area contributed by atoms with Gasteiger partial charge in [-0.15, -0.1) is 0 Å². The van der Waals surface area contributed by atoms with Crippen LogP contribution in [0.1, 0.15) is 55.7 Å². The highest BCUT2D eigenvalue weighted by molar-refractivity contribution is 5.92. The first-order valence-electron chi connectivity index (χ1n) is 10.2. The number of piperidine rings is 1. The Hall–Kier alpha value is -2.14. The fourth-order valence-electron chi connectivity index (χ4n) is 4.96. The Bertz CT molecular complexity index is 790. The van der Waals surface area contributed by atoms with Crippen LogP contribution in [0.4, 0.5) is 0 Å². The third-order valence-electron chi connectivity index (χ3n) is 6.47. The van der Waals surface area contributed by atoms with Crippen molar-refractivity contribution in [2.45, 2.75) is 52.2 Å². The molecule has 4 rings (SSSR count). The molecule has 0 bridgehead atoms. The summed E-state index contributed by atoms with van der Waals surface area (Å²) in [4.78, 5) is 17.6. The van der Waals surface area contributed by atoms with Crippen LogP contribution in [0.3, 0.4) is 0 Å². The number of hydrogen-bond donors (Lipinski definition) is 0. The Labute approximate surface area is 162 Å². The predicted molar refractivity (Wildman–Crippen MR) is 106 cm³/mol. The molecule has 1 aromatic carbocycles. The standard InChI is InChI=1S/C22H30N4O/c1-4-26-19(10-13-23-26)21(27)24-14-11-22(12-15-24)16-25(17(2)3)20(22)18-8-6-5-7-9-18/h5-10,13,17,20H,4,11-12,14-16H2,1-3H3. The minimum Gasteiger partial charge on any atom is -0.337 e. The zero-order valence-electron chi connectivity index (χ0n) is 16.6. The van der Waals surface area contributed by atoms with E-state index < -0.39 is 0 Å². The molecular formula is C22H30N4O. The lowest BCUT2D eigenvalue weighted by Gasteiger charge is -2.62. The second kappa shape index (κ2) is 7.12. The second-order valence-electron chi connectivity index (χ2n) is 8.27. The summed E-state index contributed by atoms with van der Waals surface area (Å²) in [5, 5.41) is 4.25. The smallest absolute Gasteiger partial charge is 0.272 e. The van der Waals surface area contributed by atoms with E-state index in [1.165, 1.54) is 5.56 Å². The van der Waals surface area contributed by atoms with Gasteiger partial charge >= 0.3 is 0 Å². The first-order chi connectivity index (χ1) is 13.1. The third kappa shape index (κ3) is 3.08. The number of aromatic nitrogens is 2. The molecule has 1 amide bonds. The van der Waals surface area contributed by atoms with Crippen molar-refractivity contribution in [1.82, 2.24) is 19.6 Å². The van der Waals surface area contributed by atoms with Crippen molar-refractivity contribution in [3.8, 4) is 0 Å². The summed E-state index contributed by atoms with van der Waals surface area (Å²) in [6.07, 6.45) is 3.86. The van der Waals surface area contributed by atoms with Crippen molar-refractivity contribution in [3.05, 3.63) is 53.9 Å². The van der Waals surface area contributed by atoms with E-state index in [2.05, 4.69) is 54.2 Å². The molecule has 3 heterocycles. The fraction of sp³-hybridized carbons (Fsp3) is 0.545. The van der Waals surface area contributed by atoms with Crippen LogP contribution in [0.2, 0.25) is 0 Å². The topological polar surface area (TPSA) is 41.4 Å². The van der Waals surface area contributed by atoms with E-state index in [0.29, 0.717) is 23.2 Å². The number of benzene rings is 1. The van der Waals surface area contributed by atoms with Crippen molar-refractivity contribution >= 4 is 5.91 Å². The van der Waals surface area contributed by atoms with Crippen molar-refractivity contribution in [3.63, 3.8) is 0 Å². The number of nitrogens with zero attached hydrogens (tertiary/aromatic N) is 4. The first-order valence-corrected chi connectivity index (χ1v) is 10.2. The van der Waals surface area contributed by atoms with Gasteiger partial charge in [-0.05, 0) is 45.2 Å². The Morgan fingerprint density at radius 2 is 1.89 bits per heavy atom. The molecule has 0 saturated carbocycles. The number of carbonyl (C=O) groups is 1. The molecule has 27 heavy (non-hydrogen) atoms. The SMILES string of the molecule is CCn1nccc1C(=O)N1CCC2(CC1)CN(C(C)C)C2c1ccccc1. The van der Waals surface area contributed by atoms with Crippen LogP contribution >= 0.6 is 0 Å². The lowest BCUT2D eigenvalue weighted by Crippen LogP contribution is -2.64. The highest BCUT2D eigenvalue weighted by Gasteiger charge is 2.54. The maximum atomic E-state index is 12.9. The van der Waals surface area contributed by atoms with Crippen molar-refractivity contribution in [2.24, 2.45) is 5.41 Å². The van der Waals surface area contributed by atoms with Crippen molar-refractivity contribution in [1.29, 1.82) is 0 Å². The van der Waals surface area contributed by atoms with Crippen LogP contribution < -0.4 is 0 Å². The lowest BCUT2D eigenvalue weighted by molar-refractivity contribution is -0.124. The van der Waals surface area contributed by atoms with Gasteiger partial charge in [-0.1, -0.05) is 30.3 Å². The Morgan fingerprint density at radius 1 is 1.19 bits per heavy atom. The maximum Gasteiger partial charge on any atom is 0.272 e. The van der Waals surface area contributed by atoms with Crippen molar-refractivity contribution < 1.29 is 4.79 Å². The number of rotatable bonds is 4. The minimum atomic E-state index is 0.125. The molecule has 1 aromatic heterocycles. The van der Waals surface area contributed by atoms with E-state index in [0.717, 1.165) is 39.0 Å². The van der Waals surface area contributed by atoms with Gasteiger partial charge in [0.25, 0.3) is 5.91 Å². The van der Waals surface area contributed by atoms with Crippen LogP contribution in [0.5, 0.6) is 0 Å². The number of carbonyl (C=O) groups excluding carboxylic acids is 1. The molecule has 144 valence electrons. The van der Waals surface area contributed by atoms with E-state index in [9.17, 15) is 4.79 Å². The highest BCUT2D eigenvalue weighted by atomic mass is 16.2. The van der Waals surface area contributed by atoms with E-state index in [1.54, 1.807) is 10.9 Å². The highest BCUT2D eigenvalue weighted by Crippen LogP contribution is 2.55.